The normalized spacial score (nSPS) is 21.8. The summed E-state index contributed by atoms with van der Waals surface area (Å²) < 4.78 is 6.40. The first-order valence-corrected chi connectivity index (χ1v) is 15.8. The number of aryl methyl sites for hydroxylation is 1. The lowest BCUT2D eigenvalue weighted by Crippen LogP contribution is -2.44. The standard InChI is InChI=1S/C33H38N4O4S/c1-21-6-11-29(41-19-25-10-7-22(15-26(25)16-34-2)31(38)36-12-4-3-5-13-36)27(14-21)28-20-42-33(35-28)37-17-23-8-9-24(18-37)30(23)32(39)40/h6-7,10-11,14-15,20,23-24,30H,2-5,8-9,12-13,16-19H2,1H3,(H,39,40)/t23-,24?,30?/m0/s1. The fraction of sp³-hybridized carbons (Fsp3) is 0.455. The third kappa shape index (κ3) is 5.79. The number of aliphatic carboxylic acids is 1. The molecule has 9 heteroatoms. The summed E-state index contributed by atoms with van der Waals surface area (Å²) in [4.78, 5) is 38.2. The van der Waals surface area contributed by atoms with Gasteiger partial charge in [0.15, 0.2) is 5.13 Å². The van der Waals surface area contributed by atoms with Crippen molar-refractivity contribution >= 4 is 35.1 Å². The number of carboxylic acids is 1. The molecule has 1 saturated carbocycles. The Morgan fingerprint density at radius 1 is 1.07 bits per heavy atom. The number of amides is 1. The number of piperidine rings is 2. The number of nitrogens with zero attached hydrogens (tertiary/aromatic N) is 4. The van der Waals surface area contributed by atoms with Gasteiger partial charge in [-0.1, -0.05) is 17.7 Å². The van der Waals surface area contributed by atoms with Crippen LogP contribution in [0.25, 0.3) is 11.3 Å². The van der Waals surface area contributed by atoms with E-state index in [4.69, 9.17) is 9.72 Å². The van der Waals surface area contributed by atoms with Crippen molar-refractivity contribution in [3.8, 4) is 17.0 Å². The Labute approximate surface area is 251 Å². The number of carboxylic acid groups (broad SMARTS) is 1. The number of ether oxygens (including phenoxy) is 1. The number of anilines is 1. The van der Waals surface area contributed by atoms with Crippen LogP contribution in [0.5, 0.6) is 5.75 Å². The molecule has 220 valence electrons. The number of carbonyl (C=O) groups is 2. The molecule has 6 rings (SSSR count). The van der Waals surface area contributed by atoms with E-state index >= 15 is 0 Å². The lowest BCUT2D eigenvalue weighted by atomic mass is 9.85. The van der Waals surface area contributed by atoms with Gasteiger partial charge in [-0.05, 0) is 93.0 Å². The predicted molar refractivity (Wildman–Crippen MR) is 166 cm³/mol. The highest BCUT2D eigenvalue weighted by Gasteiger charge is 2.46. The monoisotopic (exact) mass is 586 g/mol. The Kier molecular flexibility index (Phi) is 8.29. The molecular weight excluding hydrogens is 548 g/mol. The van der Waals surface area contributed by atoms with Gasteiger partial charge in [0.05, 0.1) is 18.2 Å². The minimum atomic E-state index is -0.654. The summed E-state index contributed by atoms with van der Waals surface area (Å²) in [5.41, 5.74) is 5.50. The number of hydrogen-bond donors (Lipinski definition) is 1. The summed E-state index contributed by atoms with van der Waals surface area (Å²) >= 11 is 1.60. The van der Waals surface area contributed by atoms with Crippen LogP contribution in [0.1, 0.15) is 59.2 Å². The van der Waals surface area contributed by atoms with Crippen molar-refractivity contribution in [3.63, 3.8) is 0 Å². The van der Waals surface area contributed by atoms with Crippen molar-refractivity contribution in [2.24, 2.45) is 22.7 Å². The maximum atomic E-state index is 13.1. The molecule has 3 aromatic rings. The molecule has 8 nitrogen and oxygen atoms in total. The lowest BCUT2D eigenvalue weighted by Gasteiger charge is -2.35. The number of carbonyl (C=O) groups excluding carboxylic acids is 1. The first-order valence-electron chi connectivity index (χ1n) is 14.9. The zero-order valence-corrected chi connectivity index (χ0v) is 24.9. The van der Waals surface area contributed by atoms with Crippen LogP contribution in [0.4, 0.5) is 5.13 Å². The van der Waals surface area contributed by atoms with Crippen LogP contribution in [0.15, 0.2) is 46.8 Å². The summed E-state index contributed by atoms with van der Waals surface area (Å²) in [6.07, 6.45) is 5.25. The number of fused-ring (bicyclic) bond motifs is 2. The highest BCUT2D eigenvalue weighted by molar-refractivity contribution is 7.14. The van der Waals surface area contributed by atoms with Gasteiger partial charge in [0.1, 0.15) is 12.4 Å². The van der Waals surface area contributed by atoms with Crippen LogP contribution in [0.3, 0.4) is 0 Å². The van der Waals surface area contributed by atoms with E-state index in [-0.39, 0.29) is 23.7 Å². The number of aromatic nitrogens is 1. The molecular formula is C33H38N4O4S. The molecule has 3 heterocycles. The number of benzene rings is 2. The molecule has 42 heavy (non-hydrogen) atoms. The van der Waals surface area contributed by atoms with E-state index in [0.29, 0.717) is 18.7 Å². The van der Waals surface area contributed by atoms with Crippen molar-refractivity contribution in [1.29, 1.82) is 0 Å². The second kappa shape index (κ2) is 12.3. The van der Waals surface area contributed by atoms with E-state index < -0.39 is 5.97 Å². The van der Waals surface area contributed by atoms with Crippen molar-refractivity contribution < 1.29 is 19.4 Å². The molecule has 2 aromatic carbocycles. The molecule has 0 radical (unpaired) electrons. The second-order valence-electron chi connectivity index (χ2n) is 11.9. The van der Waals surface area contributed by atoms with Gasteiger partial charge in [-0.2, -0.15) is 0 Å². The molecule has 2 saturated heterocycles. The first kappa shape index (κ1) is 28.4. The molecule has 1 aromatic heterocycles. The van der Waals surface area contributed by atoms with Gasteiger partial charge in [0.2, 0.25) is 0 Å². The minimum absolute atomic E-state index is 0.0767. The van der Waals surface area contributed by atoms with Gasteiger partial charge in [-0.15, -0.1) is 11.3 Å². The van der Waals surface area contributed by atoms with Gasteiger partial charge in [-0.25, -0.2) is 4.98 Å². The fourth-order valence-electron chi connectivity index (χ4n) is 6.89. The maximum Gasteiger partial charge on any atom is 0.307 e. The van der Waals surface area contributed by atoms with Crippen LogP contribution >= 0.6 is 11.3 Å². The number of likely N-dealkylation sites (tertiary alicyclic amines) is 1. The zero-order valence-electron chi connectivity index (χ0n) is 24.1. The molecule has 1 N–H and O–H groups in total. The van der Waals surface area contributed by atoms with Crippen molar-refractivity contribution in [1.82, 2.24) is 9.88 Å². The van der Waals surface area contributed by atoms with Crippen LogP contribution in [0.2, 0.25) is 0 Å². The Hall–Kier alpha value is -3.72. The van der Waals surface area contributed by atoms with Crippen LogP contribution in [-0.2, 0) is 17.9 Å². The van der Waals surface area contributed by atoms with Crippen LogP contribution < -0.4 is 9.64 Å². The molecule has 2 bridgehead atoms. The molecule has 1 amide bonds. The van der Waals surface area contributed by atoms with Gasteiger partial charge >= 0.3 is 5.97 Å². The van der Waals surface area contributed by atoms with Crippen LogP contribution in [0, 0.1) is 24.7 Å². The number of rotatable bonds is 9. The van der Waals surface area contributed by atoms with Crippen molar-refractivity contribution in [2.75, 3.05) is 31.1 Å². The van der Waals surface area contributed by atoms with Gasteiger partial charge < -0.3 is 19.6 Å². The Morgan fingerprint density at radius 3 is 2.55 bits per heavy atom. The first-order chi connectivity index (χ1) is 20.4. The van der Waals surface area contributed by atoms with E-state index in [1.807, 2.05) is 35.2 Å². The molecule has 3 fully saturated rings. The number of hydrogen-bond acceptors (Lipinski definition) is 7. The molecule has 2 unspecified atom stereocenters. The van der Waals surface area contributed by atoms with Gasteiger partial charge in [0, 0.05) is 42.7 Å². The van der Waals surface area contributed by atoms with Gasteiger partial charge in [0.25, 0.3) is 5.91 Å². The second-order valence-corrected chi connectivity index (χ2v) is 12.7. The molecule has 3 aliphatic rings. The van der Waals surface area contributed by atoms with E-state index in [2.05, 4.69) is 35.0 Å². The molecule has 1 aliphatic carbocycles. The SMILES string of the molecule is C=NCc1cc(C(=O)N2CCCCC2)ccc1COc1ccc(C)cc1-c1csc(N2CC3CC[C@@H](C2)C3C(=O)O)n1. The summed E-state index contributed by atoms with van der Waals surface area (Å²) in [5.74, 6) is 0.315. The Balaban J connectivity index is 1.19. The summed E-state index contributed by atoms with van der Waals surface area (Å²) in [6.45, 7) is 9.61. The summed E-state index contributed by atoms with van der Waals surface area (Å²) in [6, 6.07) is 11.9. The quantitative estimate of drug-likeness (QED) is 0.306. The predicted octanol–water partition coefficient (Wildman–Crippen LogP) is 6.07. The average molecular weight is 587 g/mol. The van der Waals surface area contributed by atoms with E-state index in [1.165, 1.54) is 6.42 Å². The fourth-order valence-corrected chi connectivity index (χ4v) is 7.73. The third-order valence-corrected chi connectivity index (χ3v) is 9.96. The number of aliphatic imine (C=N–C) groups is 1. The highest BCUT2D eigenvalue weighted by atomic mass is 32.1. The van der Waals surface area contributed by atoms with Crippen molar-refractivity contribution in [3.05, 3.63) is 64.0 Å². The van der Waals surface area contributed by atoms with E-state index in [0.717, 1.165) is 90.7 Å². The molecule has 3 atom stereocenters. The topological polar surface area (TPSA) is 95.3 Å². The number of thiazole rings is 1. The van der Waals surface area contributed by atoms with Crippen LogP contribution in [-0.4, -0.2) is 59.8 Å². The lowest BCUT2D eigenvalue weighted by molar-refractivity contribution is -0.144. The third-order valence-electron chi connectivity index (χ3n) is 9.05. The van der Waals surface area contributed by atoms with Gasteiger partial charge in [-0.3, -0.25) is 14.6 Å². The highest BCUT2D eigenvalue weighted by Crippen LogP contribution is 2.44. The summed E-state index contributed by atoms with van der Waals surface area (Å²) in [5, 5.41) is 12.7. The Bertz CT molecular complexity index is 1470. The van der Waals surface area contributed by atoms with E-state index in [1.54, 1.807) is 11.3 Å². The molecule has 0 spiro atoms. The minimum Gasteiger partial charge on any atom is -0.488 e. The van der Waals surface area contributed by atoms with E-state index in [9.17, 15) is 14.7 Å². The largest absolute Gasteiger partial charge is 0.488 e. The van der Waals surface area contributed by atoms with Crippen molar-refractivity contribution in [2.45, 2.75) is 52.2 Å². The Morgan fingerprint density at radius 2 is 1.83 bits per heavy atom. The smallest absolute Gasteiger partial charge is 0.307 e. The zero-order chi connectivity index (χ0) is 29.2. The maximum absolute atomic E-state index is 13.1. The average Bonchev–Trinajstić information content (AvgIpc) is 3.60. The molecule has 2 aliphatic heterocycles. The summed E-state index contributed by atoms with van der Waals surface area (Å²) in [7, 11) is 0.